The highest BCUT2D eigenvalue weighted by Crippen LogP contribution is 2.14. The Kier molecular flexibility index (Phi) is 4.52. The number of carbonyl (C=O) groups excluding carboxylic acids is 1. The number of nitrogens with one attached hydrogen (secondary N) is 1. The van der Waals surface area contributed by atoms with Gasteiger partial charge in [0, 0.05) is 38.0 Å². The molecule has 0 unspecified atom stereocenters. The summed E-state index contributed by atoms with van der Waals surface area (Å²) in [5, 5.41) is 3.05. The molecule has 0 aliphatic carbocycles. The Morgan fingerprint density at radius 3 is 2.14 bits per heavy atom. The summed E-state index contributed by atoms with van der Waals surface area (Å²) in [6.07, 6.45) is 0. The molecule has 0 saturated carbocycles. The lowest BCUT2D eigenvalue weighted by Crippen LogP contribution is -2.21. The molecular formula is C16H16F2N2O. The van der Waals surface area contributed by atoms with Crippen LogP contribution >= 0.6 is 0 Å². The number of hydrogen-bond donors (Lipinski definition) is 1. The molecule has 0 saturated heterocycles. The first-order valence-corrected chi connectivity index (χ1v) is 6.46. The minimum Gasteiger partial charge on any atom is -0.381 e. The first-order valence-electron chi connectivity index (χ1n) is 6.46. The molecule has 110 valence electrons. The third kappa shape index (κ3) is 4.02. The molecule has 0 radical (unpaired) electrons. The van der Waals surface area contributed by atoms with Gasteiger partial charge in [0.2, 0.25) is 0 Å². The highest BCUT2D eigenvalue weighted by molar-refractivity contribution is 5.94. The van der Waals surface area contributed by atoms with Crippen LogP contribution in [0.5, 0.6) is 0 Å². The smallest absolute Gasteiger partial charge is 0.253 e. The molecular weight excluding hydrogens is 274 g/mol. The Morgan fingerprint density at radius 1 is 1.05 bits per heavy atom. The van der Waals surface area contributed by atoms with E-state index in [0.29, 0.717) is 17.7 Å². The van der Waals surface area contributed by atoms with Crippen LogP contribution in [0, 0.1) is 11.6 Å². The molecule has 0 spiro atoms. The molecule has 21 heavy (non-hydrogen) atoms. The van der Waals surface area contributed by atoms with Crippen molar-refractivity contribution < 1.29 is 13.6 Å². The summed E-state index contributed by atoms with van der Waals surface area (Å²) in [6, 6.07) is 10.3. The molecule has 1 amide bonds. The van der Waals surface area contributed by atoms with Gasteiger partial charge in [-0.15, -0.1) is 0 Å². The van der Waals surface area contributed by atoms with Crippen molar-refractivity contribution in [2.75, 3.05) is 19.4 Å². The first kappa shape index (κ1) is 15.0. The van der Waals surface area contributed by atoms with Crippen LogP contribution in [0.1, 0.15) is 15.9 Å². The van der Waals surface area contributed by atoms with Crippen molar-refractivity contribution in [3.63, 3.8) is 0 Å². The molecule has 2 aromatic rings. The highest BCUT2D eigenvalue weighted by Gasteiger charge is 2.07. The van der Waals surface area contributed by atoms with E-state index in [4.69, 9.17) is 0 Å². The normalized spacial score (nSPS) is 10.3. The van der Waals surface area contributed by atoms with Crippen LogP contribution in [0.25, 0.3) is 0 Å². The Balaban J connectivity index is 2.02. The molecule has 5 heteroatoms. The number of anilines is 1. The van der Waals surface area contributed by atoms with E-state index in [1.807, 2.05) is 0 Å². The van der Waals surface area contributed by atoms with Gasteiger partial charge < -0.3 is 10.2 Å². The van der Waals surface area contributed by atoms with Crippen molar-refractivity contribution in [2.45, 2.75) is 6.54 Å². The van der Waals surface area contributed by atoms with E-state index in [0.717, 1.165) is 11.8 Å². The Labute approximate surface area is 122 Å². The first-order chi connectivity index (χ1) is 9.95. The van der Waals surface area contributed by atoms with Gasteiger partial charge >= 0.3 is 0 Å². The maximum Gasteiger partial charge on any atom is 0.253 e. The summed E-state index contributed by atoms with van der Waals surface area (Å²) in [7, 11) is 3.37. The lowest BCUT2D eigenvalue weighted by Gasteiger charge is -2.11. The zero-order chi connectivity index (χ0) is 15.4. The summed E-state index contributed by atoms with van der Waals surface area (Å²) in [5.41, 5.74) is 1.87. The number of halogens is 2. The lowest BCUT2D eigenvalue weighted by molar-refractivity contribution is 0.0827. The predicted molar refractivity (Wildman–Crippen MR) is 78.1 cm³/mol. The third-order valence-electron chi connectivity index (χ3n) is 2.96. The topological polar surface area (TPSA) is 32.3 Å². The maximum atomic E-state index is 13.1. The van der Waals surface area contributed by atoms with Gasteiger partial charge in [-0.2, -0.15) is 0 Å². The van der Waals surface area contributed by atoms with E-state index in [-0.39, 0.29) is 5.91 Å². The van der Waals surface area contributed by atoms with E-state index < -0.39 is 11.6 Å². The Hall–Kier alpha value is -2.43. The Bertz CT molecular complexity index is 619. The SMILES string of the molecule is CN(C)C(=O)c1ccc(NCc2cc(F)cc(F)c2)cc1. The molecule has 0 aliphatic rings. The monoisotopic (exact) mass is 290 g/mol. The average molecular weight is 290 g/mol. The number of hydrogen-bond acceptors (Lipinski definition) is 2. The van der Waals surface area contributed by atoms with E-state index in [1.165, 1.54) is 17.0 Å². The van der Waals surface area contributed by atoms with E-state index in [1.54, 1.807) is 38.4 Å². The van der Waals surface area contributed by atoms with Crippen molar-refractivity contribution >= 4 is 11.6 Å². The highest BCUT2D eigenvalue weighted by atomic mass is 19.1. The van der Waals surface area contributed by atoms with Gasteiger partial charge in [-0.05, 0) is 42.0 Å². The van der Waals surface area contributed by atoms with Gasteiger partial charge in [0.25, 0.3) is 5.91 Å². The van der Waals surface area contributed by atoms with Crippen molar-refractivity contribution in [3.8, 4) is 0 Å². The second-order valence-corrected chi connectivity index (χ2v) is 4.91. The molecule has 1 N–H and O–H groups in total. The minimum atomic E-state index is -0.598. The van der Waals surface area contributed by atoms with Crippen LogP contribution in [-0.4, -0.2) is 24.9 Å². The van der Waals surface area contributed by atoms with Crippen LogP contribution < -0.4 is 5.32 Å². The fourth-order valence-electron chi connectivity index (χ4n) is 1.91. The van der Waals surface area contributed by atoms with Gasteiger partial charge in [0.1, 0.15) is 11.6 Å². The number of benzene rings is 2. The number of amides is 1. The fraction of sp³-hybridized carbons (Fsp3) is 0.188. The number of rotatable bonds is 4. The number of carbonyl (C=O) groups is 1. The standard InChI is InChI=1S/C16H16F2N2O/c1-20(2)16(21)12-3-5-15(6-4-12)19-10-11-7-13(17)9-14(18)8-11/h3-9,19H,10H2,1-2H3. The van der Waals surface area contributed by atoms with Crippen LogP contribution in [0.3, 0.4) is 0 Å². The predicted octanol–water partition coefficient (Wildman–Crippen LogP) is 3.28. The molecule has 2 rings (SSSR count). The summed E-state index contributed by atoms with van der Waals surface area (Å²) >= 11 is 0. The molecule has 0 aliphatic heterocycles. The zero-order valence-electron chi connectivity index (χ0n) is 11.9. The van der Waals surface area contributed by atoms with Gasteiger partial charge in [-0.3, -0.25) is 4.79 Å². The van der Waals surface area contributed by atoms with Crippen molar-refractivity contribution in [2.24, 2.45) is 0 Å². The van der Waals surface area contributed by atoms with Crippen LogP contribution in [0.15, 0.2) is 42.5 Å². The molecule has 3 nitrogen and oxygen atoms in total. The second-order valence-electron chi connectivity index (χ2n) is 4.91. The molecule has 2 aromatic carbocycles. The van der Waals surface area contributed by atoms with Gasteiger partial charge in [0.05, 0.1) is 0 Å². The molecule has 0 atom stereocenters. The maximum absolute atomic E-state index is 13.1. The lowest BCUT2D eigenvalue weighted by atomic mass is 10.1. The van der Waals surface area contributed by atoms with E-state index in [2.05, 4.69) is 5.32 Å². The van der Waals surface area contributed by atoms with Crippen LogP contribution in [0.2, 0.25) is 0 Å². The van der Waals surface area contributed by atoms with E-state index in [9.17, 15) is 13.6 Å². The third-order valence-corrected chi connectivity index (χ3v) is 2.96. The second kappa shape index (κ2) is 6.35. The molecule has 0 heterocycles. The molecule has 0 aromatic heterocycles. The minimum absolute atomic E-state index is 0.0752. The fourth-order valence-corrected chi connectivity index (χ4v) is 1.91. The molecule has 0 bridgehead atoms. The zero-order valence-corrected chi connectivity index (χ0v) is 11.9. The summed E-state index contributed by atoms with van der Waals surface area (Å²) in [6.45, 7) is 0.301. The van der Waals surface area contributed by atoms with Gasteiger partial charge in [-0.25, -0.2) is 8.78 Å². The average Bonchev–Trinajstić information content (AvgIpc) is 2.44. The Morgan fingerprint density at radius 2 is 1.62 bits per heavy atom. The van der Waals surface area contributed by atoms with Crippen LogP contribution in [0.4, 0.5) is 14.5 Å². The van der Waals surface area contributed by atoms with Crippen molar-refractivity contribution in [1.82, 2.24) is 4.90 Å². The largest absolute Gasteiger partial charge is 0.381 e. The van der Waals surface area contributed by atoms with Crippen molar-refractivity contribution in [3.05, 3.63) is 65.2 Å². The van der Waals surface area contributed by atoms with Gasteiger partial charge in [0.15, 0.2) is 0 Å². The van der Waals surface area contributed by atoms with Crippen LogP contribution in [-0.2, 0) is 6.54 Å². The van der Waals surface area contributed by atoms with Crippen molar-refractivity contribution in [1.29, 1.82) is 0 Å². The molecule has 0 fully saturated rings. The number of nitrogens with zero attached hydrogens (tertiary/aromatic N) is 1. The summed E-state index contributed by atoms with van der Waals surface area (Å²) in [5.74, 6) is -1.27. The quantitative estimate of drug-likeness (QED) is 0.937. The van der Waals surface area contributed by atoms with E-state index >= 15 is 0 Å². The summed E-state index contributed by atoms with van der Waals surface area (Å²) in [4.78, 5) is 13.2. The summed E-state index contributed by atoms with van der Waals surface area (Å²) < 4.78 is 26.1. The van der Waals surface area contributed by atoms with Gasteiger partial charge in [-0.1, -0.05) is 0 Å².